The first kappa shape index (κ1) is 19.3. The van der Waals surface area contributed by atoms with E-state index in [9.17, 15) is 0 Å². The third-order valence-electron chi connectivity index (χ3n) is 5.74. The molecule has 1 aliphatic carbocycles. The second-order valence-corrected chi connectivity index (χ2v) is 8.04. The number of pyridine rings is 1. The lowest BCUT2D eigenvalue weighted by Gasteiger charge is -2.11. The molecule has 6 nitrogen and oxygen atoms in total. The lowest BCUT2D eigenvalue weighted by atomic mass is 9.96. The van der Waals surface area contributed by atoms with Gasteiger partial charge in [-0.1, -0.05) is 48.6 Å². The normalized spacial score (nSPS) is 15.6. The molecule has 5 rings (SSSR count). The van der Waals surface area contributed by atoms with Gasteiger partial charge in [-0.25, -0.2) is 9.97 Å². The van der Waals surface area contributed by atoms with Crippen LogP contribution in [0.25, 0.3) is 22.3 Å². The number of rotatable bonds is 7. The molecule has 2 N–H and O–H groups in total. The molecule has 0 spiro atoms. The Kier molecular flexibility index (Phi) is 5.35. The van der Waals surface area contributed by atoms with E-state index in [2.05, 4.69) is 69.0 Å². The van der Waals surface area contributed by atoms with Gasteiger partial charge in [0.25, 0.3) is 0 Å². The fraction of sp³-hybridized carbons (Fsp3) is 0.240. The van der Waals surface area contributed by atoms with E-state index in [-0.39, 0.29) is 0 Å². The van der Waals surface area contributed by atoms with Gasteiger partial charge in [0.05, 0.1) is 11.9 Å². The minimum atomic E-state index is 0.596. The summed E-state index contributed by atoms with van der Waals surface area (Å²) in [6.45, 7) is 0.736. The summed E-state index contributed by atoms with van der Waals surface area (Å²) in [6.07, 6.45) is 17.6. The fourth-order valence-corrected chi connectivity index (χ4v) is 3.98. The predicted octanol–water partition coefficient (Wildman–Crippen LogP) is 5.04. The summed E-state index contributed by atoms with van der Waals surface area (Å²) in [5, 5.41) is 7.78. The number of fused-ring (bicyclic) bond motifs is 1. The number of hydrogen-bond donors (Lipinski definition) is 2. The molecule has 31 heavy (non-hydrogen) atoms. The molecule has 3 heterocycles. The van der Waals surface area contributed by atoms with Gasteiger partial charge in [0.15, 0.2) is 5.65 Å². The molecule has 3 aromatic heterocycles. The molecule has 0 aliphatic heterocycles. The highest BCUT2D eigenvalue weighted by molar-refractivity contribution is 5.85. The zero-order chi connectivity index (χ0) is 21.0. The van der Waals surface area contributed by atoms with Crippen LogP contribution >= 0.6 is 0 Å². The maximum Gasteiger partial charge on any atom is 0.179 e. The van der Waals surface area contributed by atoms with Crippen molar-refractivity contribution in [2.24, 2.45) is 13.0 Å². The van der Waals surface area contributed by atoms with Crippen molar-refractivity contribution in [3.63, 3.8) is 0 Å². The first-order valence-corrected chi connectivity index (χ1v) is 10.7. The Morgan fingerprint density at radius 2 is 2.03 bits per heavy atom. The number of aryl methyl sites for hydroxylation is 2. The first-order valence-electron chi connectivity index (χ1n) is 10.7. The first-order chi connectivity index (χ1) is 15.2. The molecule has 1 unspecified atom stereocenters. The summed E-state index contributed by atoms with van der Waals surface area (Å²) in [4.78, 5) is 12.6. The molecule has 6 heteroatoms. The standard InChI is InChI=1S/C25H26N6/c1-31-17-21(16-28-31)20-10-7-19(8-11-20)15-27-22-13-14-26-25-24(22)29-23(30-25)12-9-18-5-3-2-4-6-18/h2-5,7-8,10-11,13-14,16-18H,6,9,12,15H2,1H3,(H2,26,27,29,30). The lowest BCUT2D eigenvalue weighted by Crippen LogP contribution is -2.01. The topological polar surface area (TPSA) is 71.4 Å². The molecule has 1 atom stereocenters. The molecule has 0 saturated heterocycles. The van der Waals surface area contributed by atoms with Crippen molar-refractivity contribution < 1.29 is 0 Å². The molecule has 156 valence electrons. The highest BCUT2D eigenvalue weighted by Crippen LogP contribution is 2.23. The molecule has 1 aromatic carbocycles. The molecule has 1 aliphatic rings. The highest BCUT2D eigenvalue weighted by atomic mass is 15.2. The Morgan fingerprint density at radius 3 is 2.81 bits per heavy atom. The van der Waals surface area contributed by atoms with Crippen molar-refractivity contribution in [3.05, 3.63) is 84.6 Å². The van der Waals surface area contributed by atoms with Gasteiger partial charge >= 0.3 is 0 Å². The largest absolute Gasteiger partial charge is 0.379 e. The van der Waals surface area contributed by atoms with Gasteiger partial charge in [-0.3, -0.25) is 4.68 Å². The van der Waals surface area contributed by atoms with Crippen LogP contribution in [0.2, 0.25) is 0 Å². The third kappa shape index (κ3) is 4.43. The van der Waals surface area contributed by atoms with Crippen molar-refractivity contribution in [1.82, 2.24) is 24.7 Å². The Bertz CT molecular complexity index is 1230. The fourth-order valence-electron chi connectivity index (χ4n) is 3.98. The molecule has 0 bridgehead atoms. The van der Waals surface area contributed by atoms with E-state index in [4.69, 9.17) is 4.98 Å². The number of nitrogens with zero attached hydrogens (tertiary/aromatic N) is 4. The van der Waals surface area contributed by atoms with Gasteiger partial charge < -0.3 is 10.3 Å². The van der Waals surface area contributed by atoms with Crippen molar-refractivity contribution >= 4 is 16.9 Å². The van der Waals surface area contributed by atoms with Crippen molar-refractivity contribution in [2.75, 3.05) is 5.32 Å². The second kappa shape index (κ2) is 8.60. The highest BCUT2D eigenvalue weighted by Gasteiger charge is 2.11. The lowest BCUT2D eigenvalue weighted by molar-refractivity contribution is 0.585. The number of imidazole rings is 1. The van der Waals surface area contributed by atoms with E-state index < -0.39 is 0 Å². The van der Waals surface area contributed by atoms with Gasteiger partial charge in [0.1, 0.15) is 11.3 Å². The molecular weight excluding hydrogens is 384 g/mol. The number of aromatic amines is 1. The van der Waals surface area contributed by atoms with Crippen LogP contribution in [-0.4, -0.2) is 24.7 Å². The number of benzene rings is 1. The summed E-state index contributed by atoms with van der Waals surface area (Å²) in [7, 11) is 1.93. The number of H-pyrrole nitrogens is 1. The average Bonchev–Trinajstić information content (AvgIpc) is 3.43. The van der Waals surface area contributed by atoms with Crippen molar-refractivity contribution in [3.8, 4) is 11.1 Å². The van der Waals surface area contributed by atoms with Crippen LogP contribution in [0.3, 0.4) is 0 Å². The van der Waals surface area contributed by atoms with Crippen LogP contribution in [-0.2, 0) is 20.0 Å². The van der Waals surface area contributed by atoms with E-state index in [1.54, 1.807) is 0 Å². The van der Waals surface area contributed by atoms with E-state index >= 15 is 0 Å². The monoisotopic (exact) mass is 410 g/mol. The number of nitrogens with one attached hydrogen (secondary N) is 2. The molecule has 0 amide bonds. The summed E-state index contributed by atoms with van der Waals surface area (Å²) < 4.78 is 1.82. The minimum Gasteiger partial charge on any atom is -0.379 e. The van der Waals surface area contributed by atoms with Crippen LogP contribution < -0.4 is 5.32 Å². The quantitative estimate of drug-likeness (QED) is 0.448. The van der Waals surface area contributed by atoms with Gasteiger partial charge in [-0.2, -0.15) is 5.10 Å². The predicted molar refractivity (Wildman–Crippen MR) is 125 cm³/mol. The number of aromatic nitrogens is 5. The maximum absolute atomic E-state index is 4.70. The van der Waals surface area contributed by atoms with Gasteiger partial charge in [-0.05, 0) is 36.0 Å². The van der Waals surface area contributed by atoms with Gasteiger partial charge in [0.2, 0.25) is 0 Å². The maximum atomic E-state index is 4.70. The molecule has 0 fully saturated rings. The van der Waals surface area contributed by atoms with Crippen LogP contribution in [0.5, 0.6) is 0 Å². The molecular formula is C25H26N6. The Morgan fingerprint density at radius 1 is 1.13 bits per heavy atom. The van der Waals surface area contributed by atoms with Crippen LogP contribution in [0.1, 0.15) is 24.2 Å². The Labute approximate surface area is 181 Å². The SMILES string of the molecule is Cn1cc(-c2ccc(CNc3ccnc4nc(CCC5C=CC=CC5)[nH]c34)cc2)cn1. The molecule has 0 saturated carbocycles. The minimum absolute atomic E-state index is 0.596. The number of hydrogen-bond acceptors (Lipinski definition) is 4. The Balaban J connectivity index is 1.25. The average molecular weight is 411 g/mol. The third-order valence-corrected chi connectivity index (χ3v) is 5.74. The summed E-state index contributed by atoms with van der Waals surface area (Å²) in [5.41, 5.74) is 6.29. The zero-order valence-electron chi connectivity index (χ0n) is 17.6. The van der Waals surface area contributed by atoms with E-state index in [0.717, 1.165) is 54.0 Å². The summed E-state index contributed by atoms with van der Waals surface area (Å²) in [5.74, 6) is 1.60. The molecule has 0 radical (unpaired) electrons. The van der Waals surface area contributed by atoms with Gasteiger partial charge in [-0.15, -0.1) is 0 Å². The zero-order valence-corrected chi connectivity index (χ0v) is 17.6. The second-order valence-electron chi connectivity index (χ2n) is 8.04. The number of anilines is 1. The van der Waals surface area contributed by atoms with E-state index in [0.29, 0.717) is 5.92 Å². The summed E-state index contributed by atoms with van der Waals surface area (Å²) in [6, 6.07) is 10.6. The van der Waals surface area contributed by atoms with Crippen LogP contribution in [0.4, 0.5) is 5.69 Å². The van der Waals surface area contributed by atoms with Crippen LogP contribution in [0.15, 0.2) is 73.2 Å². The van der Waals surface area contributed by atoms with Crippen molar-refractivity contribution in [2.45, 2.75) is 25.8 Å². The summed E-state index contributed by atoms with van der Waals surface area (Å²) >= 11 is 0. The van der Waals surface area contributed by atoms with Crippen LogP contribution in [0, 0.1) is 5.92 Å². The van der Waals surface area contributed by atoms with Crippen molar-refractivity contribution in [1.29, 1.82) is 0 Å². The molecule has 4 aromatic rings. The van der Waals surface area contributed by atoms with E-state index in [1.165, 1.54) is 11.1 Å². The number of allylic oxidation sites excluding steroid dienone is 4. The smallest absolute Gasteiger partial charge is 0.179 e. The Hall–Kier alpha value is -3.67. The van der Waals surface area contributed by atoms with E-state index in [1.807, 2.05) is 36.4 Å². The van der Waals surface area contributed by atoms with Gasteiger partial charge in [0, 0.05) is 38.0 Å².